The van der Waals surface area contributed by atoms with Crippen molar-refractivity contribution in [2.75, 3.05) is 26.4 Å². The fourth-order valence-corrected chi connectivity index (χ4v) is 16.9. The van der Waals surface area contributed by atoms with E-state index in [9.17, 15) is 47.6 Å². The number of hydrogen-bond acceptors (Lipinski definition) is 10. The fraction of sp³-hybridized carbons (Fsp3) is 0.444. The van der Waals surface area contributed by atoms with E-state index in [1.54, 1.807) is 59.3 Å². The summed E-state index contributed by atoms with van der Waals surface area (Å²) in [4.78, 5) is 21.0. The second-order valence-electron chi connectivity index (χ2n) is 35.9. The van der Waals surface area contributed by atoms with E-state index in [1.807, 2.05) is 48.5 Å². The van der Waals surface area contributed by atoms with Gasteiger partial charge in [-0.1, -0.05) is 151 Å². The van der Waals surface area contributed by atoms with Crippen molar-refractivity contribution in [3.8, 4) is 90.5 Å². The highest BCUT2D eigenvalue weighted by Gasteiger charge is 2.34. The van der Waals surface area contributed by atoms with Crippen molar-refractivity contribution < 1.29 is 66.5 Å². The molecule has 108 heavy (non-hydrogen) atoms. The Labute approximate surface area is 680 Å². The second kappa shape index (κ2) is 35.7. The van der Waals surface area contributed by atoms with Crippen LogP contribution >= 0.6 is 68.0 Å². The number of carbonyl (C=O) groups excluding carboxylic acids is 2. The normalized spacial score (nSPS) is 13.2. The van der Waals surface area contributed by atoms with Crippen molar-refractivity contribution in [3.63, 3.8) is 0 Å². The minimum absolute atomic E-state index is 0.0482. The van der Waals surface area contributed by atoms with Gasteiger partial charge in [-0.15, -0.1) is 0 Å². The van der Waals surface area contributed by atoms with Crippen molar-refractivity contribution in [2.45, 2.75) is 212 Å². The van der Waals surface area contributed by atoms with Crippen LogP contribution in [0.25, 0.3) is 44.5 Å². The minimum atomic E-state index is -0.429. The van der Waals surface area contributed by atoms with E-state index in [1.165, 1.54) is 48.5 Å². The first kappa shape index (κ1) is 88.4. The standard InChI is InChI=1S/C43H52F2I2O4.C43H54F2O4.C4H4INO2/c1-40(2,3)24-42(7,8)26-18-32(38(48)34(46)20-26)30-22-28(44)12-14-36(30)50-16-11-17-51-37-15-13-29(45)23-31(37)33-19-27(21-35(47)39(33)49)43(9,10)25-41(4,5)6;1-40(2,3)26-42(7,8)28-12-16-36(46)32(22-28)34-24-30(44)14-18-38(34)48-20-11-21-49-39-19-15-31(45)25-35(39)33-23-29(13-17-37(33)47)43(9,10)27-41(4,5)6;5-6-3(7)1-2-4(6)8/h12-15,18-23,48-49H,11,16-17,24-25H2,1-10H3;12-19,22-25,46-47H,11,20-21,26-27H2,1-10H3;1-2H2. The quantitative estimate of drug-likeness (QED) is 0.0151. The molecule has 2 amide bonds. The summed E-state index contributed by atoms with van der Waals surface area (Å²) in [6, 6.07) is 36.2. The molecule has 8 aromatic carbocycles. The van der Waals surface area contributed by atoms with E-state index >= 15 is 0 Å². The third-order valence-electron chi connectivity index (χ3n) is 18.7. The summed E-state index contributed by atoms with van der Waals surface area (Å²) in [5.74, 6) is 0.192. The van der Waals surface area contributed by atoms with Gasteiger partial charge < -0.3 is 39.4 Å². The predicted molar refractivity (Wildman–Crippen MR) is 454 cm³/mol. The van der Waals surface area contributed by atoms with Crippen LogP contribution < -0.4 is 18.9 Å². The van der Waals surface area contributed by atoms with Crippen LogP contribution in [0.4, 0.5) is 17.6 Å². The Morgan fingerprint density at radius 2 is 0.574 bits per heavy atom. The summed E-state index contributed by atoms with van der Waals surface area (Å²) in [6.07, 6.45) is 5.41. The van der Waals surface area contributed by atoms with Gasteiger partial charge in [-0.2, -0.15) is 0 Å². The van der Waals surface area contributed by atoms with Crippen molar-refractivity contribution in [3.05, 3.63) is 186 Å². The number of benzene rings is 8. The van der Waals surface area contributed by atoms with E-state index in [4.69, 9.17) is 18.9 Å². The van der Waals surface area contributed by atoms with E-state index in [-0.39, 0.29) is 105 Å². The van der Waals surface area contributed by atoms with Crippen molar-refractivity contribution in [2.24, 2.45) is 21.7 Å². The van der Waals surface area contributed by atoms with E-state index in [0.29, 0.717) is 100 Å². The Morgan fingerprint density at radius 3 is 0.815 bits per heavy atom. The maximum absolute atomic E-state index is 14.7. The third kappa shape index (κ3) is 24.9. The zero-order chi connectivity index (χ0) is 80.6. The molecule has 1 aliphatic rings. The lowest BCUT2D eigenvalue weighted by atomic mass is 9.72. The molecule has 11 nitrogen and oxygen atoms in total. The molecule has 0 aromatic heterocycles. The first-order valence-corrected chi connectivity index (χ1v) is 39.9. The van der Waals surface area contributed by atoms with Crippen LogP contribution in [0.1, 0.15) is 212 Å². The number of rotatable bonds is 24. The largest absolute Gasteiger partial charge is 0.507 e. The molecule has 1 heterocycles. The van der Waals surface area contributed by atoms with Gasteiger partial charge in [-0.05, 0) is 258 Å². The molecule has 1 saturated heterocycles. The molecule has 0 radical (unpaired) electrons. The molecule has 0 unspecified atom stereocenters. The van der Waals surface area contributed by atoms with Gasteiger partial charge >= 0.3 is 0 Å². The lowest BCUT2D eigenvalue weighted by Crippen LogP contribution is -2.25. The van der Waals surface area contributed by atoms with Gasteiger partial charge in [0.1, 0.15) is 69.3 Å². The summed E-state index contributed by atoms with van der Waals surface area (Å²) < 4.78 is 85.6. The molecule has 1 aliphatic heterocycles. The summed E-state index contributed by atoms with van der Waals surface area (Å²) in [5.41, 5.74) is 7.77. The number of carbonyl (C=O) groups is 2. The number of hydrogen-bond donors (Lipinski definition) is 4. The first-order valence-electron chi connectivity index (χ1n) is 36.8. The first-order chi connectivity index (χ1) is 49.8. The van der Waals surface area contributed by atoms with Gasteiger partial charge in [0.25, 0.3) is 0 Å². The van der Waals surface area contributed by atoms with Crippen LogP contribution in [0.3, 0.4) is 0 Å². The molecule has 9 rings (SSSR count). The van der Waals surface area contributed by atoms with E-state index in [0.717, 1.165) is 51.1 Å². The van der Waals surface area contributed by atoms with Crippen molar-refractivity contribution in [1.29, 1.82) is 0 Å². The van der Waals surface area contributed by atoms with Crippen molar-refractivity contribution in [1.82, 2.24) is 3.11 Å². The van der Waals surface area contributed by atoms with Gasteiger partial charge in [-0.25, -0.2) is 20.7 Å². The molecule has 0 saturated carbocycles. The molecular weight excluding hydrogens is 1710 g/mol. The zero-order valence-electron chi connectivity index (χ0n) is 66.5. The number of phenols is 4. The maximum Gasteiger partial charge on any atom is 0.238 e. The lowest BCUT2D eigenvalue weighted by molar-refractivity contribution is -0.130. The molecule has 8 aromatic rings. The van der Waals surface area contributed by atoms with Crippen molar-refractivity contribution >= 4 is 79.9 Å². The highest BCUT2D eigenvalue weighted by molar-refractivity contribution is 14.1. The van der Waals surface area contributed by atoms with Crippen LogP contribution in [0.2, 0.25) is 0 Å². The van der Waals surface area contributed by atoms with Gasteiger partial charge in [-0.3, -0.25) is 9.59 Å². The SMILES string of the molecule is CC(C)(C)CC(C)(C)c1cc(I)c(O)c(-c2cc(F)ccc2OCCCOc2ccc(F)cc2-c2cc(C(C)(C)CC(C)(C)C)cc(I)c2O)c1.CC(C)(C)CC(C)(C)c1ccc(O)c(-c2cc(F)ccc2OCCCOc2ccc(F)cc2-c2cc(C(C)(C)CC(C)(C)C)ccc2O)c1.O=C1CCC(=O)N1I. The minimum Gasteiger partial charge on any atom is -0.507 e. The molecule has 0 aliphatic carbocycles. The summed E-state index contributed by atoms with van der Waals surface area (Å²) in [5, 5.41) is 44.1. The molecule has 4 N–H and O–H groups in total. The second-order valence-corrected chi connectivity index (χ2v) is 39.2. The molecule has 584 valence electrons. The Morgan fingerprint density at radius 1 is 0.333 bits per heavy atom. The molecule has 0 bridgehead atoms. The molecule has 0 atom stereocenters. The topological polar surface area (TPSA) is 155 Å². The molecule has 1 fully saturated rings. The summed E-state index contributed by atoms with van der Waals surface area (Å²) in [6.45, 7) is 44.9. The fourth-order valence-electron chi connectivity index (χ4n) is 15.2. The predicted octanol–water partition coefficient (Wildman–Crippen LogP) is 25.7. The Bertz CT molecular complexity index is 4220. The number of ether oxygens (including phenoxy) is 4. The smallest absolute Gasteiger partial charge is 0.238 e. The van der Waals surface area contributed by atoms with Crippen LogP contribution in [0.5, 0.6) is 46.0 Å². The maximum atomic E-state index is 14.7. The average molecular weight is 1820 g/mol. The number of imide groups is 1. The van der Waals surface area contributed by atoms with E-state index < -0.39 is 23.3 Å². The lowest BCUT2D eigenvalue weighted by Gasteiger charge is -2.33. The summed E-state index contributed by atoms with van der Waals surface area (Å²) >= 11 is 5.97. The van der Waals surface area contributed by atoms with Crippen LogP contribution in [0, 0.1) is 52.1 Å². The van der Waals surface area contributed by atoms with Gasteiger partial charge in [0.15, 0.2) is 0 Å². The molecule has 18 heteroatoms. The number of halogens is 7. The number of aromatic hydroxyl groups is 4. The third-order valence-corrected chi connectivity index (χ3v) is 21.4. The monoisotopic (exact) mass is 1820 g/mol. The molecule has 0 spiro atoms. The van der Waals surface area contributed by atoms with Crippen LogP contribution in [0.15, 0.2) is 133 Å². The summed E-state index contributed by atoms with van der Waals surface area (Å²) in [7, 11) is 0. The average Bonchev–Trinajstić information content (AvgIpc) is 0.859. The van der Waals surface area contributed by atoms with Crippen LogP contribution in [-0.4, -0.2) is 61.8 Å². The highest BCUT2D eigenvalue weighted by Crippen LogP contribution is 2.49. The highest BCUT2D eigenvalue weighted by atomic mass is 127. The number of nitrogens with zero attached hydrogens (tertiary/aromatic N) is 1. The Hall–Kier alpha value is -6.79. The molecular formula is C90H110F4I3NO10. The Kier molecular flexibility index (Phi) is 29.2. The number of phenolic OH excluding ortho intramolecular Hbond substituents is 4. The van der Waals surface area contributed by atoms with E-state index in [2.05, 4.69) is 184 Å². The van der Waals surface area contributed by atoms with Crippen LogP contribution in [-0.2, 0) is 31.2 Å². The van der Waals surface area contributed by atoms with Gasteiger partial charge in [0.05, 0.1) is 56.4 Å². The zero-order valence-corrected chi connectivity index (χ0v) is 73.0. The Balaban J connectivity index is 0.000000272. The van der Waals surface area contributed by atoms with Gasteiger partial charge in [0, 0.05) is 70.2 Å². The van der Waals surface area contributed by atoms with Gasteiger partial charge in [0.2, 0.25) is 11.8 Å². The number of amides is 2.